The molecule has 0 saturated heterocycles. The minimum Gasteiger partial charge on any atom is -0.311 e. The molecule has 0 amide bonds. The Hall–Kier alpha value is -0.650. The maximum absolute atomic E-state index is 4.58. The second kappa shape index (κ2) is 6.68. The first-order chi connectivity index (χ1) is 9.06. The second-order valence-corrected chi connectivity index (χ2v) is 6.64. The summed E-state index contributed by atoms with van der Waals surface area (Å²) in [6.45, 7) is 6.21. The highest BCUT2D eigenvalue weighted by Gasteiger charge is 2.06. The van der Waals surface area contributed by atoms with Crippen LogP contribution in [0.4, 0.5) is 0 Å². The molecule has 0 saturated carbocycles. The summed E-state index contributed by atoms with van der Waals surface area (Å²) >= 11 is 7.03. The van der Waals surface area contributed by atoms with E-state index in [4.69, 9.17) is 0 Å². The van der Waals surface area contributed by atoms with Crippen LogP contribution in [-0.2, 0) is 6.54 Å². The predicted octanol–water partition coefficient (Wildman–Crippen LogP) is 4.14. The first-order valence-electron chi connectivity index (χ1n) is 6.27. The molecule has 0 aliphatic rings. The van der Waals surface area contributed by atoms with Gasteiger partial charge >= 0.3 is 0 Å². The van der Waals surface area contributed by atoms with Gasteiger partial charge in [0.05, 0.1) is 11.4 Å². The van der Waals surface area contributed by atoms with E-state index in [1.807, 2.05) is 35.1 Å². The molecule has 1 aromatic carbocycles. The number of nitrogens with zero attached hydrogens (tertiary/aromatic N) is 2. The van der Waals surface area contributed by atoms with Crippen molar-refractivity contribution in [2.45, 2.75) is 20.4 Å². The third-order valence-electron chi connectivity index (χ3n) is 2.66. The van der Waals surface area contributed by atoms with Crippen molar-refractivity contribution in [3.05, 3.63) is 45.1 Å². The smallest absolute Gasteiger partial charge is 0.0798 e. The van der Waals surface area contributed by atoms with Gasteiger partial charge in [-0.1, -0.05) is 29.8 Å². The van der Waals surface area contributed by atoms with Crippen molar-refractivity contribution in [2.24, 2.45) is 5.92 Å². The van der Waals surface area contributed by atoms with Crippen molar-refractivity contribution in [3.63, 3.8) is 0 Å². The summed E-state index contributed by atoms with van der Waals surface area (Å²) in [5, 5.41) is 7.98. The molecule has 1 N–H and O–H groups in total. The minimum atomic E-state index is 0.654. The molecule has 1 aromatic heterocycles. The number of halogens is 2. The molecule has 0 spiro atoms. The number of hydrogen-bond donors (Lipinski definition) is 1. The lowest BCUT2D eigenvalue weighted by Gasteiger charge is -2.06. The van der Waals surface area contributed by atoms with Crippen molar-refractivity contribution in [1.82, 2.24) is 15.1 Å². The van der Waals surface area contributed by atoms with Crippen molar-refractivity contribution < 1.29 is 0 Å². The van der Waals surface area contributed by atoms with Crippen LogP contribution < -0.4 is 5.32 Å². The van der Waals surface area contributed by atoms with Gasteiger partial charge in [-0.15, -0.1) is 0 Å². The Kier molecular flexibility index (Phi) is 5.19. The van der Waals surface area contributed by atoms with Crippen LogP contribution in [0, 0.1) is 5.92 Å². The number of rotatable bonds is 5. The maximum atomic E-state index is 4.58. The van der Waals surface area contributed by atoms with Crippen molar-refractivity contribution >= 4 is 31.9 Å². The molecule has 3 nitrogen and oxygen atoms in total. The number of benzene rings is 1. The molecule has 2 aromatic rings. The van der Waals surface area contributed by atoms with Crippen LogP contribution in [0.1, 0.15) is 19.5 Å². The largest absolute Gasteiger partial charge is 0.311 e. The molecule has 102 valence electrons. The molecule has 0 radical (unpaired) electrons. The van der Waals surface area contributed by atoms with E-state index >= 15 is 0 Å². The van der Waals surface area contributed by atoms with Crippen LogP contribution in [0.3, 0.4) is 0 Å². The molecule has 0 aliphatic carbocycles. The third-order valence-corrected chi connectivity index (χ3v) is 3.82. The van der Waals surface area contributed by atoms with Crippen LogP contribution in [0.25, 0.3) is 5.69 Å². The zero-order chi connectivity index (χ0) is 13.8. The highest BCUT2D eigenvalue weighted by molar-refractivity contribution is 9.11. The fourth-order valence-electron chi connectivity index (χ4n) is 1.74. The van der Waals surface area contributed by atoms with Crippen LogP contribution in [0.15, 0.2) is 39.4 Å². The Balaban J connectivity index is 2.10. The Morgan fingerprint density at radius 1 is 1.26 bits per heavy atom. The maximum Gasteiger partial charge on any atom is 0.0798 e. The fourth-order valence-corrected chi connectivity index (χ4v) is 2.52. The normalized spacial score (nSPS) is 11.2. The Labute approximate surface area is 130 Å². The van der Waals surface area contributed by atoms with Crippen LogP contribution in [0.5, 0.6) is 0 Å². The molecule has 1 heterocycles. The molecule has 0 aliphatic heterocycles. The molecular formula is C14H17Br2N3. The van der Waals surface area contributed by atoms with E-state index in [1.54, 1.807) is 0 Å². The minimum absolute atomic E-state index is 0.654. The van der Waals surface area contributed by atoms with Crippen molar-refractivity contribution in [2.75, 3.05) is 6.54 Å². The zero-order valence-corrected chi connectivity index (χ0v) is 14.2. The average Bonchev–Trinajstić information content (AvgIpc) is 2.80. The van der Waals surface area contributed by atoms with Gasteiger partial charge in [0.1, 0.15) is 0 Å². The average molecular weight is 387 g/mol. The van der Waals surface area contributed by atoms with E-state index in [0.717, 1.165) is 33.4 Å². The summed E-state index contributed by atoms with van der Waals surface area (Å²) in [6.07, 6.45) is 1.99. The molecule has 0 fully saturated rings. The lowest BCUT2D eigenvalue weighted by atomic mass is 10.2. The summed E-state index contributed by atoms with van der Waals surface area (Å²) in [6, 6.07) is 8.10. The molecule has 19 heavy (non-hydrogen) atoms. The summed E-state index contributed by atoms with van der Waals surface area (Å²) in [4.78, 5) is 0. The molecule has 2 rings (SSSR count). The van der Waals surface area contributed by atoms with Crippen LogP contribution >= 0.6 is 31.9 Å². The van der Waals surface area contributed by atoms with E-state index in [-0.39, 0.29) is 0 Å². The Morgan fingerprint density at radius 3 is 2.79 bits per heavy atom. The van der Waals surface area contributed by atoms with Crippen LogP contribution in [0.2, 0.25) is 0 Å². The number of nitrogens with one attached hydrogen (secondary N) is 1. The SMILES string of the molecule is CC(C)CNCc1ccn(-c2cc(Br)ccc2Br)n1. The van der Waals surface area contributed by atoms with E-state index in [0.29, 0.717) is 5.92 Å². The fraction of sp³-hybridized carbons (Fsp3) is 0.357. The Bertz CT molecular complexity index is 549. The van der Waals surface area contributed by atoms with Gasteiger partial charge < -0.3 is 5.32 Å². The van der Waals surface area contributed by atoms with Crippen molar-refractivity contribution in [3.8, 4) is 5.69 Å². The lowest BCUT2D eigenvalue weighted by molar-refractivity contribution is 0.546. The summed E-state index contributed by atoms with van der Waals surface area (Å²) in [5.74, 6) is 0.654. The highest BCUT2D eigenvalue weighted by atomic mass is 79.9. The van der Waals surface area contributed by atoms with Crippen LogP contribution in [-0.4, -0.2) is 16.3 Å². The van der Waals surface area contributed by atoms with E-state index in [1.165, 1.54) is 0 Å². The topological polar surface area (TPSA) is 29.9 Å². The monoisotopic (exact) mass is 385 g/mol. The zero-order valence-electron chi connectivity index (χ0n) is 11.0. The standard InChI is InChI=1S/C14H17Br2N3/c1-10(2)8-17-9-12-5-6-19(18-12)14-7-11(15)3-4-13(14)16/h3-7,10,17H,8-9H2,1-2H3. The molecule has 0 bridgehead atoms. The first-order valence-corrected chi connectivity index (χ1v) is 7.85. The quantitative estimate of drug-likeness (QED) is 0.836. The number of aromatic nitrogens is 2. The predicted molar refractivity (Wildman–Crippen MR) is 85.5 cm³/mol. The van der Waals surface area contributed by atoms with Gasteiger partial charge in [0.2, 0.25) is 0 Å². The van der Waals surface area contributed by atoms with E-state index in [9.17, 15) is 0 Å². The van der Waals surface area contributed by atoms with Crippen molar-refractivity contribution in [1.29, 1.82) is 0 Å². The third kappa shape index (κ3) is 4.16. The molecular weight excluding hydrogens is 370 g/mol. The van der Waals surface area contributed by atoms with Gasteiger partial charge in [0.15, 0.2) is 0 Å². The molecule has 0 atom stereocenters. The molecule has 0 unspecified atom stereocenters. The summed E-state index contributed by atoms with van der Waals surface area (Å²) in [5.41, 5.74) is 2.08. The summed E-state index contributed by atoms with van der Waals surface area (Å²) in [7, 11) is 0. The first kappa shape index (κ1) is 14.8. The van der Waals surface area contributed by atoms with Gasteiger partial charge in [-0.3, -0.25) is 0 Å². The number of hydrogen-bond acceptors (Lipinski definition) is 2. The summed E-state index contributed by atoms with van der Waals surface area (Å²) < 4.78 is 3.96. The van der Waals surface area contributed by atoms with E-state index < -0.39 is 0 Å². The van der Waals surface area contributed by atoms with Gasteiger partial charge in [-0.25, -0.2) is 4.68 Å². The van der Waals surface area contributed by atoms with Gasteiger partial charge in [0, 0.05) is 21.7 Å². The van der Waals surface area contributed by atoms with E-state index in [2.05, 4.69) is 56.1 Å². The second-order valence-electron chi connectivity index (χ2n) is 4.87. The molecule has 5 heteroatoms. The van der Waals surface area contributed by atoms with Gasteiger partial charge in [-0.05, 0) is 52.7 Å². The Morgan fingerprint density at radius 2 is 2.05 bits per heavy atom. The highest BCUT2D eigenvalue weighted by Crippen LogP contribution is 2.24. The van der Waals surface area contributed by atoms with Gasteiger partial charge in [-0.2, -0.15) is 5.10 Å². The van der Waals surface area contributed by atoms with Gasteiger partial charge in [0.25, 0.3) is 0 Å². The lowest BCUT2D eigenvalue weighted by Crippen LogP contribution is -2.19.